The second-order valence-corrected chi connectivity index (χ2v) is 0.574. The van der Waals surface area contributed by atoms with Gasteiger partial charge in [-0.1, -0.05) is 0 Å². The van der Waals surface area contributed by atoms with Crippen LogP contribution >= 0.6 is 0 Å². The van der Waals surface area contributed by atoms with Gasteiger partial charge in [0.15, 0.2) is 0 Å². The van der Waals surface area contributed by atoms with Gasteiger partial charge >= 0.3 is 0 Å². The summed E-state index contributed by atoms with van der Waals surface area (Å²) in [6.07, 6.45) is 0. The van der Waals surface area contributed by atoms with Gasteiger partial charge in [0.25, 0.3) is 0 Å². The lowest BCUT2D eigenvalue weighted by atomic mass is 10.4. The highest BCUT2D eigenvalue weighted by molar-refractivity contribution is 6.03. The largest absolute Gasteiger partial charge is 0.327 e. The Morgan fingerprint density at radius 2 is 2.00 bits per heavy atom. The highest BCUT2D eigenvalue weighted by Gasteiger charge is 1.61. The quantitative estimate of drug-likeness (QED) is 0.296. The van der Waals surface area contributed by atoms with E-state index in [0.717, 1.165) is 0 Å². The molecule has 0 bridgehead atoms. The van der Waals surface area contributed by atoms with Crippen LogP contribution in [0.25, 0.3) is 0 Å². The lowest BCUT2D eigenvalue weighted by Crippen LogP contribution is -2.04. The Morgan fingerprint density at radius 3 is 2.00 bits per heavy atom. The van der Waals surface area contributed by atoms with Crippen LogP contribution in [0.2, 0.25) is 0 Å². The lowest BCUT2D eigenvalue weighted by Gasteiger charge is -1.89. The van der Waals surface area contributed by atoms with Crippen LogP contribution in [0, 0.1) is 0 Å². The first-order valence-corrected chi connectivity index (χ1v) is 0.905. The van der Waals surface area contributed by atoms with E-state index in [9.17, 15) is 0 Å². The SMILES string of the molecule is [B]N(C)O. The fourth-order valence-electron chi connectivity index (χ4n) is 0. The van der Waals surface area contributed by atoms with Gasteiger partial charge in [-0.2, -0.15) is 0 Å². The van der Waals surface area contributed by atoms with Gasteiger partial charge in [-0.25, -0.2) is 0 Å². The van der Waals surface area contributed by atoms with E-state index in [4.69, 9.17) is 5.21 Å². The molecule has 0 aromatic rings. The predicted octanol–water partition coefficient (Wildman–Crippen LogP) is -0.609. The molecule has 0 spiro atoms. The van der Waals surface area contributed by atoms with Crippen molar-refractivity contribution in [3.05, 3.63) is 0 Å². The van der Waals surface area contributed by atoms with Crippen LogP contribution in [0.5, 0.6) is 0 Å². The maximum atomic E-state index is 7.67. The van der Waals surface area contributed by atoms with Crippen LogP contribution in [0.1, 0.15) is 0 Å². The van der Waals surface area contributed by atoms with E-state index in [1.165, 1.54) is 7.05 Å². The summed E-state index contributed by atoms with van der Waals surface area (Å²) >= 11 is 0. The third-order valence-electron chi connectivity index (χ3n) is 0. The van der Waals surface area contributed by atoms with Gasteiger partial charge in [-0.15, -0.1) is 0 Å². The molecule has 0 fully saturated rings. The highest BCUT2D eigenvalue weighted by atomic mass is 16.5. The zero-order chi connectivity index (χ0) is 3.58. The molecule has 0 aliphatic heterocycles. The first kappa shape index (κ1) is 3.98. The van der Waals surface area contributed by atoms with Crippen molar-refractivity contribution >= 4 is 7.98 Å². The smallest absolute Gasteiger partial charge is 0.223 e. The van der Waals surface area contributed by atoms with Crippen molar-refractivity contribution in [2.24, 2.45) is 0 Å². The van der Waals surface area contributed by atoms with Crippen molar-refractivity contribution in [2.75, 3.05) is 7.05 Å². The van der Waals surface area contributed by atoms with Gasteiger partial charge in [0, 0.05) is 0 Å². The van der Waals surface area contributed by atoms with Crippen LogP contribution < -0.4 is 0 Å². The molecule has 0 saturated carbocycles. The molecule has 1 N–H and O–H groups in total. The summed E-state index contributed by atoms with van der Waals surface area (Å²) in [4.78, 5) is 0.500. The molecule has 4 heavy (non-hydrogen) atoms. The van der Waals surface area contributed by atoms with Gasteiger partial charge in [-0.05, 0) is 7.05 Å². The molecular formula is CH4BNO. The molecule has 0 aliphatic carbocycles. The zero-order valence-electron chi connectivity index (χ0n) is 2.47. The van der Waals surface area contributed by atoms with Gasteiger partial charge in [-0.3, -0.25) is 4.97 Å². The maximum absolute atomic E-state index is 7.67. The minimum Gasteiger partial charge on any atom is -0.327 e. The molecule has 0 aliphatic rings. The molecule has 0 atom stereocenters. The molecule has 0 rings (SSSR count). The van der Waals surface area contributed by atoms with Gasteiger partial charge < -0.3 is 5.21 Å². The van der Waals surface area contributed by atoms with Crippen molar-refractivity contribution in [1.29, 1.82) is 0 Å². The Bertz CT molecular complexity index is 12.8. The molecule has 0 heterocycles. The fourth-order valence-corrected chi connectivity index (χ4v) is 0. The number of hydrogen-bond donors (Lipinski definition) is 1. The molecule has 0 saturated heterocycles. The van der Waals surface area contributed by atoms with E-state index in [1.807, 2.05) is 0 Å². The molecule has 0 amide bonds. The summed E-state index contributed by atoms with van der Waals surface area (Å²) in [5.41, 5.74) is 0. The molecule has 22 valence electrons. The van der Waals surface area contributed by atoms with E-state index in [2.05, 4.69) is 7.98 Å². The normalized spacial score (nSPS) is 8.75. The van der Waals surface area contributed by atoms with Gasteiger partial charge in [0.05, 0.1) is 0 Å². The Labute approximate surface area is 26.4 Å². The first-order valence-electron chi connectivity index (χ1n) is 0.905. The predicted molar refractivity (Wildman–Crippen MR) is 15.3 cm³/mol. The Kier molecular flexibility index (Phi) is 1.31. The molecule has 0 unspecified atom stereocenters. The molecule has 0 aromatic heterocycles. The summed E-state index contributed by atoms with van der Waals surface area (Å²) in [7, 11) is 5.83. The third-order valence-corrected chi connectivity index (χ3v) is 0. The van der Waals surface area contributed by atoms with Gasteiger partial charge in [0.1, 0.15) is 0 Å². The minimum absolute atomic E-state index is 0.500. The molecule has 2 radical (unpaired) electrons. The van der Waals surface area contributed by atoms with Crippen LogP contribution in [-0.2, 0) is 0 Å². The zero-order valence-corrected chi connectivity index (χ0v) is 2.47. The first-order chi connectivity index (χ1) is 1.73. The van der Waals surface area contributed by atoms with E-state index in [1.54, 1.807) is 0 Å². The Balaban J connectivity index is 2.32. The standard InChI is InChI=1S/CH4BNO/c1-3(2)4/h4H,1H3. The van der Waals surface area contributed by atoms with E-state index < -0.39 is 0 Å². The summed E-state index contributed by atoms with van der Waals surface area (Å²) in [5.74, 6) is 0. The van der Waals surface area contributed by atoms with Crippen molar-refractivity contribution in [3.8, 4) is 0 Å². The van der Waals surface area contributed by atoms with Crippen molar-refractivity contribution in [1.82, 2.24) is 4.97 Å². The maximum Gasteiger partial charge on any atom is 0.223 e. The van der Waals surface area contributed by atoms with Crippen LogP contribution in [0.15, 0.2) is 0 Å². The van der Waals surface area contributed by atoms with Crippen molar-refractivity contribution < 1.29 is 5.21 Å². The topological polar surface area (TPSA) is 23.5 Å². The molecule has 2 nitrogen and oxygen atoms in total. The number of nitrogens with zero attached hydrogens (tertiary/aromatic N) is 1. The number of hydroxylamine groups is 1. The minimum atomic E-state index is 0.500. The van der Waals surface area contributed by atoms with Gasteiger partial charge in [0.2, 0.25) is 7.98 Å². The highest BCUT2D eigenvalue weighted by Crippen LogP contribution is 1.43. The average Bonchev–Trinajstić information content (AvgIpc) is 0.811. The van der Waals surface area contributed by atoms with Crippen LogP contribution in [-0.4, -0.2) is 25.2 Å². The Morgan fingerprint density at radius 1 is 2.00 bits per heavy atom. The summed E-state index contributed by atoms with van der Waals surface area (Å²) in [6, 6.07) is 0. The third kappa shape index (κ3) is 8480. The summed E-state index contributed by atoms with van der Waals surface area (Å²) < 4.78 is 0. The molecular weight excluding hydrogens is 52.8 g/mol. The second-order valence-electron chi connectivity index (χ2n) is 0.574. The van der Waals surface area contributed by atoms with Crippen LogP contribution in [0.4, 0.5) is 0 Å². The van der Waals surface area contributed by atoms with Crippen LogP contribution in [0.3, 0.4) is 0 Å². The second kappa shape index (κ2) is 1.32. The average molecular weight is 56.9 g/mol. The van der Waals surface area contributed by atoms with E-state index in [-0.39, 0.29) is 0 Å². The monoisotopic (exact) mass is 57.0 g/mol. The van der Waals surface area contributed by atoms with E-state index >= 15 is 0 Å². The summed E-state index contributed by atoms with van der Waals surface area (Å²) in [5, 5.41) is 7.67. The van der Waals surface area contributed by atoms with E-state index in [0.29, 0.717) is 4.97 Å². The fraction of sp³-hybridized carbons (Fsp3) is 1.00. The lowest BCUT2D eigenvalue weighted by molar-refractivity contribution is 0.0332. The number of hydrogen-bond acceptors (Lipinski definition) is 2. The van der Waals surface area contributed by atoms with Crippen molar-refractivity contribution in [3.63, 3.8) is 0 Å². The molecule has 3 heteroatoms. The van der Waals surface area contributed by atoms with Crippen molar-refractivity contribution in [2.45, 2.75) is 0 Å². The number of rotatable bonds is 0. The summed E-state index contributed by atoms with van der Waals surface area (Å²) in [6.45, 7) is 0. The Hall–Kier alpha value is -0.0151. The molecule has 0 aromatic carbocycles.